The molecule has 118 valence electrons. The monoisotopic (exact) mass is 284 g/mol. The average Bonchev–Trinajstić information content (AvgIpc) is 3.07. The van der Waals surface area contributed by atoms with E-state index in [1.807, 2.05) is 0 Å². The molecule has 1 aliphatic rings. The number of nitrogens with one attached hydrogen (secondary N) is 1. The van der Waals surface area contributed by atoms with Gasteiger partial charge in [-0.1, -0.05) is 20.8 Å². The first-order valence-corrected chi connectivity index (χ1v) is 7.65. The lowest BCUT2D eigenvalue weighted by Crippen LogP contribution is -2.63. The highest BCUT2D eigenvalue weighted by Crippen LogP contribution is 2.41. The molecular weight excluding hydrogens is 252 g/mol. The summed E-state index contributed by atoms with van der Waals surface area (Å²) in [4.78, 5) is 14.7. The quantitative estimate of drug-likeness (QED) is 0.728. The Kier molecular flexibility index (Phi) is 5.61. The fourth-order valence-corrected chi connectivity index (χ4v) is 3.15. The molecule has 0 radical (unpaired) electrons. The highest BCUT2D eigenvalue weighted by molar-refractivity contribution is 5.82. The minimum Gasteiger partial charge on any atom is -0.468 e. The molecule has 20 heavy (non-hydrogen) atoms. The van der Waals surface area contributed by atoms with Crippen molar-refractivity contribution < 1.29 is 9.53 Å². The van der Waals surface area contributed by atoms with Gasteiger partial charge < -0.3 is 9.64 Å². The van der Waals surface area contributed by atoms with Crippen molar-refractivity contribution >= 4 is 5.97 Å². The van der Waals surface area contributed by atoms with Crippen molar-refractivity contribution in [3.05, 3.63) is 0 Å². The van der Waals surface area contributed by atoms with E-state index >= 15 is 0 Å². The van der Waals surface area contributed by atoms with E-state index in [0.29, 0.717) is 12.5 Å². The second-order valence-corrected chi connectivity index (χ2v) is 7.77. The lowest BCUT2D eigenvalue weighted by Gasteiger charge is -2.39. The molecule has 1 saturated carbocycles. The number of carbonyl (C=O) groups is 1. The predicted molar refractivity (Wildman–Crippen MR) is 82.7 cm³/mol. The Bertz CT molecular complexity index is 332. The Hall–Kier alpha value is -0.610. The molecule has 0 bridgehead atoms. The van der Waals surface area contributed by atoms with Crippen LogP contribution in [-0.4, -0.2) is 49.7 Å². The molecule has 4 nitrogen and oxygen atoms in total. The normalized spacial score (nSPS) is 19.2. The van der Waals surface area contributed by atoms with Gasteiger partial charge in [0, 0.05) is 19.1 Å². The summed E-state index contributed by atoms with van der Waals surface area (Å²) in [5.74, 6) is 0.286. The second kappa shape index (κ2) is 6.44. The number of hydrogen-bond acceptors (Lipinski definition) is 4. The zero-order valence-corrected chi connectivity index (χ0v) is 14.2. The number of nitrogens with zero attached hydrogens (tertiary/aromatic N) is 1. The summed E-state index contributed by atoms with van der Waals surface area (Å²) in [6, 6.07) is 0.262. The Morgan fingerprint density at radius 2 is 1.85 bits per heavy atom. The molecule has 1 unspecified atom stereocenters. The maximum atomic E-state index is 12.4. The van der Waals surface area contributed by atoms with Crippen LogP contribution < -0.4 is 5.32 Å². The number of likely N-dealkylation sites (N-methyl/N-ethyl adjacent to an activating group) is 1. The van der Waals surface area contributed by atoms with Crippen LogP contribution in [0.2, 0.25) is 0 Å². The Morgan fingerprint density at radius 3 is 2.20 bits per heavy atom. The minimum atomic E-state index is -0.553. The van der Waals surface area contributed by atoms with E-state index < -0.39 is 5.54 Å². The first kappa shape index (κ1) is 17.4. The fraction of sp³-hybridized carbons (Fsp3) is 0.938. The molecule has 1 rings (SSSR count). The second-order valence-electron chi connectivity index (χ2n) is 7.77. The molecule has 0 aromatic heterocycles. The average molecular weight is 284 g/mol. The van der Waals surface area contributed by atoms with Crippen LogP contribution in [0.4, 0.5) is 0 Å². The van der Waals surface area contributed by atoms with Crippen molar-refractivity contribution in [2.45, 2.75) is 59.0 Å². The van der Waals surface area contributed by atoms with Crippen LogP contribution in [0.3, 0.4) is 0 Å². The standard InChI is InChI=1S/C16H32N2O2/c1-12(2)17-16(13-8-9-13,14(19)20-7)11-18(6)10-15(3,4)5/h12-13,17H,8-11H2,1-7H3. The Labute approximate surface area is 124 Å². The van der Waals surface area contributed by atoms with E-state index in [-0.39, 0.29) is 17.4 Å². The molecule has 0 aromatic carbocycles. The third-order valence-electron chi connectivity index (χ3n) is 3.63. The first-order chi connectivity index (χ1) is 9.10. The molecule has 0 amide bonds. The maximum Gasteiger partial charge on any atom is 0.327 e. The van der Waals surface area contributed by atoms with Gasteiger partial charge in [-0.25, -0.2) is 4.79 Å². The number of esters is 1. The van der Waals surface area contributed by atoms with Crippen molar-refractivity contribution in [1.82, 2.24) is 10.2 Å². The number of methoxy groups -OCH3 is 1. The molecule has 0 aromatic rings. The van der Waals surface area contributed by atoms with Gasteiger partial charge in [0.05, 0.1) is 7.11 Å². The van der Waals surface area contributed by atoms with Crippen molar-refractivity contribution in [2.75, 3.05) is 27.2 Å². The van der Waals surface area contributed by atoms with E-state index in [1.54, 1.807) is 0 Å². The van der Waals surface area contributed by atoms with Gasteiger partial charge in [-0.2, -0.15) is 0 Å². The van der Waals surface area contributed by atoms with Crippen LogP contribution in [0.5, 0.6) is 0 Å². The molecule has 0 aliphatic heterocycles. The number of rotatable bonds is 7. The fourth-order valence-electron chi connectivity index (χ4n) is 3.15. The van der Waals surface area contributed by atoms with Crippen molar-refractivity contribution in [2.24, 2.45) is 11.3 Å². The number of hydrogen-bond donors (Lipinski definition) is 1. The van der Waals surface area contributed by atoms with Crippen LogP contribution in [0.15, 0.2) is 0 Å². The first-order valence-electron chi connectivity index (χ1n) is 7.65. The maximum absolute atomic E-state index is 12.4. The molecule has 4 heteroatoms. The minimum absolute atomic E-state index is 0.116. The molecule has 1 fully saturated rings. The molecule has 0 heterocycles. The summed E-state index contributed by atoms with van der Waals surface area (Å²) in [5.41, 5.74) is -0.332. The van der Waals surface area contributed by atoms with Gasteiger partial charge >= 0.3 is 5.97 Å². The van der Waals surface area contributed by atoms with Gasteiger partial charge in [0.25, 0.3) is 0 Å². The smallest absolute Gasteiger partial charge is 0.327 e. The lowest BCUT2D eigenvalue weighted by atomic mass is 9.89. The summed E-state index contributed by atoms with van der Waals surface area (Å²) >= 11 is 0. The highest BCUT2D eigenvalue weighted by atomic mass is 16.5. The van der Waals surface area contributed by atoms with E-state index in [9.17, 15) is 4.79 Å². The topological polar surface area (TPSA) is 41.6 Å². The van der Waals surface area contributed by atoms with E-state index in [4.69, 9.17) is 4.74 Å². The van der Waals surface area contributed by atoms with Gasteiger partial charge in [-0.15, -0.1) is 0 Å². The van der Waals surface area contributed by atoms with Gasteiger partial charge in [-0.3, -0.25) is 5.32 Å². The van der Waals surface area contributed by atoms with E-state index in [1.165, 1.54) is 7.11 Å². The van der Waals surface area contributed by atoms with Crippen LogP contribution in [0.25, 0.3) is 0 Å². The summed E-state index contributed by atoms with van der Waals surface area (Å²) in [7, 11) is 3.58. The molecular formula is C16H32N2O2. The summed E-state index contributed by atoms with van der Waals surface area (Å²) in [6.45, 7) is 12.5. The third kappa shape index (κ3) is 4.74. The van der Waals surface area contributed by atoms with Crippen LogP contribution in [0.1, 0.15) is 47.5 Å². The number of carbonyl (C=O) groups excluding carboxylic acids is 1. The van der Waals surface area contributed by atoms with Crippen LogP contribution in [-0.2, 0) is 9.53 Å². The van der Waals surface area contributed by atoms with Gasteiger partial charge in [0.15, 0.2) is 0 Å². The number of ether oxygens (including phenoxy) is 1. The molecule has 0 spiro atoms. The predicted octanol–water partition coefficient (Wildman–Crippen LogP) is 2.28. The summed E-state index contributed by atoms with van der Waals surface area (Å²) in [6.07, 6.45) is 2.22. The van der Waals surface area contributed by atoms with Gasteiger partial charge in [0.2, 0.25) is 0 Å². The van der Waals surface area contributed by atoms with Gasteiger partial charge in [0.1, 0.15) is 5.54 Å². The van der Waals surface area contributed by atoms with Crippen LogP contribution >= 0.6 is 0 Å². The third-order valence-corrected chi connectivity index (χ3v) is 3.63. The zero-order chi connectivity index (χ0) is 15.6. The van der Waals surface area contributed by atoms with Gasteiger partial charge in [-0.05, 0) is 45.1 Å². The molecule has 1 atom stereocenters. The lowest BCUT2D eigenvalue weighted by molar-refractivity contribution is -0.151. The van der Waals surface area contributed by atoms with Crippen molar-refractivity contribution in [1.29, 1.82) is 0 Å². The Morgan fingerprint density at radius 1 is 1.30 bits per heavy atom. The molecule has 1 aliphatic carbocycles. The zero-order valence-electron chi connectivity index (χ0n) is 14.2. The molecule has 1 N–H and O–H groups in total. The van der Waals surface area contributed by atoms with Crippen LogP contribution in [0, 0.1) is 11.3 Å². The summed E-state index contributed by atoms with van der Waals surface area (Å²) in [5, 5.41) is 3.51. The van der Waals surface area contributed by atoms with E-state index in [2.05, 4.69) is 51.9 Å². The molecule has 0 saturated heterocycles. The van der Waals surface area contributed by atoms with E-state index in [0.717, 1.165) is 19.4 Å². The highest BCUT2D eigenvalue weighted by Gasteiger charge is 2.52. The Balaban J connectivity index is 2.88. The SMILES string of the molecule is COC(=O)C(CN(C)CC(C)(C)C)(NC(C)C)C1CC1. The van der Waals surface area contributed by atoms with Crippen molar-refractivity contribution in [3.8, 4) is 0 Å². The summed E-state index contributed by atoms with van der Waals surface area (Å²) < 4.78 is 5.12. The van der Waals surface area contributed by atoms with Crippen molar-refractivity contribution in [3.63, 3.8) is 0 Å². The largest absolute Gasteiger partial charge is 0.468 e.